The number of nitrogens with two attached hydrogens (primary N) is 1. The van der Waals surface area contributed by atoms with Crippen LogP contribution in [0.5, 0.6) is 0 Å². The molecule has 5 nitrogen and oxygen atoms in total. The summed E-state index contributed by atoms with van der Waals surface area (Å²) >= 11 is 1.82. The van der Waals surface area contributed by atoms with Gasteiger partial charge in [0.2, 0.25) is 5.95 Å². The lowest BCUT2D eigenvalue weighted by Gasteiger charge is -2.26. The number of hydrogen-bond acceptors (Lipinski definition) is 6. The maximum Gasteiger partial charge on any atom is 0.239 e. The molecule has 0 aliphatic rings. The summed E-state index contributed by atoms with van der Waals surface area (Å²) in [6.07, 6.45) is 3.88. The minimum absolute atomic E-state index is 0.425. The number of hydrogen-bond donors (Lipinski definition) is 2. The fraction of sp³-hybridized carbons (Fsp3) is 0.600. The molecular weight excluding hydrogens is 222 g/mol. The third-order valence-corrected chi connectivity index (χ3v) is 3.29. The summed E-state index contributed by atoms with van der Waals surface area (Å²) in [5.41, 5.74) is 3.52. The molecule has 0 saturated carbocycles. The predicted octanol–water partition coefficient (Wildman–Crippen LogP) is 1.26. The van der Waals surface area contributed by atoms with Gasteiger partial charge in [-0.2, -0.15) is 16.7 Å². The normalized spacial score (nSPS) is 12.3. The van der Waals surface area contributed by atoms with Crippen molar-refractivity contribution >= 4 is 23.5 Å². The Morgan fingerprint density at radius 2 is 2.31 bits per heavy atom. The molecule has 0 aliphatic carbocycles. The Morgan fingerprint density at radius 1 is 1.62 bits per heavy atom. The van der Waals surface area contributed by atoms with Gasteiger partial charge in [-0.1, -0.05) is 0 Å². The third kappa shape index (κ3) is 2.99. The highest BCUT2D eigenvalue weighted by Crippen LogP contribution is 2.19. The largest absolute Gasteiger partial charge is 0.356 e. The first-order chi connectivity index (χ1) is 7.60. The molecule has 1 aromatic heterocycles. The van der Waals surface area contributed by atoms with Gasteiger partial charge in [-0.15, -0.1) is 0 Å². The predicted molar refractivity (Wildman–Crippen MR) is 70.8 cm³/mol. The van der Waals surface area contributed by atoms with E-state index in [0.29, 0.717) is 12.0 Å². The summed E-state index contributed by atoms with van der Waals surface area (Å²) in [4.78, 5) is 10.6. The lowest BCUT2D eigenvalue weighted by atomic mass is 10.3. The number of nitrogens with zero attached hydrogens (tertiary/aromatic N) is 3. The molecule has 0 fully saturated rings. The molecule has 1 rings (SSSR count). The molecule has 0 amide bonds. The molecule has 3 N–H and O–H groups in total. The minimum atomic E-state index is 0.425. The fourth-order valence-electron chi connectivity index (χ4n) is 1.42. The van der Waals surface area contributed by atoms with E-state index in [4.69, 9.17) is 5.84 Å². The van der Waals surface area contributed by atoms with Crippen molar-refractivity contribution in [3.05, 3.63) is 11.8 Å². The highest BCUT2D eigenvalue weighted by atomic mass is 32.2. The Balaban J connectivity index is 2.92. The van der Waals surface area contributed by atoms with Gasteiger partial charge in [0.25, 0.3) is 0 Å². The van der Waals surface area contributed by atoms with Gasteiger partial charge in [-0.25, -0.2) is 10.8 Å². The van der Waals surface area contributed by atoms with Gasteiger partial charge < -0.3 is 4.90 Å². The number of hydrazine groups is 1. The summed E-state index contributed by atoms with van der Waals surface area (Å²) in [5.74, 6) is 7.74. The Hall–Kier alpha value is -1.01. The third-order valence-electron chi connectivity index (χ3n) is 2.48. The van der Waals surface area contributed by atoms with Crippen LogP contribution in [0.4, 0.5) is 11.8 Å². The van der Waals surface area contributed by atoms with Gasteiger partial charge in [0.05, 0.1) is 0 Å². The molecule has 90 valence electrons. The Morgan fingerprint density at radius 3 is 2.88 bits per heavy atom. The highest BCUT2D eigenvalue weighted by molar-refractivity contribution is 7.98. The van der Waals surface area contributed by atoms with E-state index >= 15 is 0 Å². The quantitative estimate of drug-likeness (QED) is 0.597. The van der Waals surface area contributed by atoms with Crippen molar-refractivity contribution in [2.75, 3.05) is 29.4 Å². The molecule has 0 radical (unpaired) electrons. The number of aryl methyl sites for hydroxylation is 1. The molecule has 1 atom stereocenters. The highest BCUT2D eigenvalue weighted by Gasteiger charge is 2.13. The summed E-state index contributed by atoms with van der Waals surface area (Å²) in [6.45, 7) is 4.17. The molecule has 1 heterocycles. The van der Waals surface area contributed by atoms with Gasteiger partial charge in [0.15, 0.2) is 0 Å². The number of anilines is 2. The molecule has 0 aliphatic heterocycles. The Labute approximate surface area is 101 Å². The first-order valence-corrected chi connectivity index (χ1v) is 6.51. The van der Waals surface area contributed by atoms with E-state index < -0.39 is 0 Å². The summed E-state index contributed by atoms with van der Waals surface area (Å²) in [6, 6.07) is 0.425. The standard InChI is InChI=1S/C10H19N5S/c1-7-5-12-10(14-11)13-9(7)15(3)8(2)6-16-4/h5,8H,6,11H2,1-4H3,(H,12,13,14). The number of aromatic nitrogens is 2. The van der Waals surface area contributed by atoms with Gasteiger partial charge in [0, 0.05) is 30.6 Å². The van der Waals surface area contributed by atoms with Crippen molar-refractivity contribution in [2.45, 2.75) is 19.9 Å². The first-order valence-electron chi connectivity index (χ1n) is 5.12. The zero-order valence-electron chi connectivity index (χ0n) is 10.2. The number of nitrogen functional groups attached to an aromatic ring is 1. The van der Waals surface area contributed by atoms with Crippen LogP contribution in [0.1, 0.15) is 12.5 Å². The van der Waals surface area contributed by atoms with Crippen molar-refractivity contribution in [3.8, 4) is 0 Å². The number of thioether (sulfide) groups is 1. The fourth-order valence-corrected chi connectivity index (χ4v) is 2.13. The SMILES string of the molecule is CSCC(C)N(C)c1nc(NN)ncc1C. The van der Waals surface area contributed by atoms with Crippen molar-refractivity contribution in [3.63, 3.8) is 0 Å². The Bertz CT molecular complexity index is 344. The van der Waals surface area contributed by atoms with E-state index in [1.165, 1.54) is 0 Å². The zero-order valence-corrected chi connectivity index (χ0v) is 11.0. The molecule has 0 saturated heterocycles. The molecule has 1 unspecified atom stereocenters. The van der Waals surface area contributed by atoms with Crippen LogP contribution in [0.15, 0.2) is 6.20 Å². The smallest absolute Gasteiger partial charge is 0.239 e. The van der Waals surface area contributed by atoms with Crippen molar-refractivity contribution in [1.82, 2.24) is 9.97 Å². The minimum Gasteiger partial charge on any atom is -0.356 e. The van der Waals surface area contributed by atoms with Crippen LogP contribution in [0.2, 0.25) is 0 Å². The molecular formula is C10H19N5S. The van der Waals surface area contributed by atoms with Gasteiger partial charge in [-0.05, 0) is 20.1 Å². The van der Waals surface area contributed by atoms with E-state index in [1.54, 1.807) is 6.20 Å². The molecule has 16 heavy (non-hydrogen) atoms. The van der Waals surface area contributed by atoms with Crippen LogP contribution >= 0.6 is 11.8 Å². The lowest BCUT2D eigenvalue weighted by Crippen LogP contribution is -2.32. The van der Waals surface area contributed by atoms with Crippen LogP contribution in [0, 0.1) is 6.92 Å². The van der Waals surface area contributed by atoms with E-state index in [-0.39, 0.29) is 0 Å². The number of rotatable bonds is 5. The monoisotopic (exact) mass is 241 g/mol. The van der Waals surface area contributed by atoms with Crippen LogP contribution < -0.4 is 16.2 Å². The van der Waals surface area contributed by atoms with Crippen molar-refractivity contribution < 1.29 is 0 Å². The van der Waals surface area contributed by atoms with E-state index in [0.717, 1.165) is 17.1 Å². The molecule has 1 aromatic rings. The van der Waals surface area contributed by atoms with Crippen LogP contribution in [0.3, 0.4) is 0 Å². The summed E-state index contributed by atoms with van der Waals surface area (Å²) in [5, 5.41) is 0. The maximum absolute atomic E-state index is 5.31. The van der Waals surface area contributed by atoms with E-state index in [2.05, 4.69) is 33.5 Å². The second-order valence-electron chi connectivity index (χ2n) is 3.76. The molecule has 0 bridgehead atoms. The maximum atomic E-state index is 5.31. The Kier molecular flexibility index (Phi) is 4.82. The molecule has 0 aromatic carbocycles. The average Bonchev–Trinajstić information content (AvgIpc) is 2.29. The van der Waals surface area contributed by atoms with E-state index in [9.17, 15) is 0 Å². The lowest BCUT2D eigenvalue weighted by molar-refractivity contribution is 0.748. The zero-order chi connectivity index (χ0) is 12.1. The van der Waals surface area contributed by atoms with Gasteiger partial charge in [0.1, 0.15) is 5.82 Å². The molecule has 0 spiro atoms. The second-order valence-corrected chi connectivity index (χ2v) is 4.67. The van der Waals surface area contributed by atoms with Gasteiger partial charge >= 0.3 is 0 Å². The second kappa shape index (κ2) is 5.91. The summed E-state index contributed by atoms with van der Waals surface area (Å²) < 4.78 is 0. The van der Waals surface area contributed by atoms with E-state index in [1.807, 2.05) is 25.7 Å². The molecule has 6 heteroatoms. The van der Waals surface area contributed by atoms with Crippen LogP contribution in [0.25, 0.3) is 0 Å². The average molecular weight is 241 g/mol. The van der Waals surface area contributed by atoms with Crippen LogP contribution in [-0.2, 0) is 0 Å². The van der Waals surface area contributed by atoms with Crippen molar-refractivity contribution in [1.29, 1.82) is 0 Å². The van der Waals surface area contributed by atoms with Gasteiger partial charge in [-0.3, -0.25) is 5.43 Å². The summed E-state index contributed by atoms with van der Waals surface area (Å²) in [7, 11) is 2.04. The van der Waals surface area contributed by atoms with Crippen LogP contribution in [-0.4, -0.2) is 35.1 Å². The van der Waals surface area contributed by atoms with Crippen molar-refractivity contribution in [2.24, 2.45) is 5.84 Å². The topological polar surface area (TPSA) is 67.1 Å². The number of nitrogens with one attached hydrogen (secondary N) is 1. The first kappa shape index (κ1) is 13.1.